The van der Waals surface area contributed by atoms with Crippen LogP contribution in [-0.2, 0) is 10.4 Å². The lowest BCUT2D eigenvalue weighted by atomic mass is 9.66. The molecular formula is C27H33ClN2O5. The zero-order valence-electron chi connectivity index (χ0n) is 20.5. The Kier molecular flexibility index (Phi) is 7.92. The number of carboxylic acids is 1. The number of aromatic carboxylic acids is 1. The third-order valence-electron chi connectivity index (χ3n) is 7.20. The number of carboxylic acid groups (broad SMARTS) is 1. The number of hydrogen-bond acceptors (Lipinski definition) is 4. The molecule has 2 aromatic rings. The molecule has 35 heavy (non-hydrogen) atoms. The van der Waals surface area contributed by atoms with Crippen LogP contribution in [0.3, 0.4) is 0 Å². The number of hydrogen-bond donors (Lipinski definition) is 3. The van der Waals surface area contributed by atoms with Crippen LogP contribution in [0.5, 0.6) is 0 Å². The van der Waals surface area contributed by atoms with Gasteiger partial charge in [-0.05, 0) is 48.7 Å². The van der Waals surface area contributed by atoms with Gasteiger partial charge in [0.1, 0.15) is 0 Å². The summed E-state index contributed by atoms with van der Waals surface area (Å²) in [5.74, 6) is -2.12. The van der Waals surface area contributed by atoms with E-state index in [1.807, 2.05) is 32.9 Å². The molecule has 0 radical (unpaired) electrons. The van der Waals surface area contributed by atoms with E-state index < -0.39 is 34.9 Å². The maximum atomic E-state index is 13.4. The molecule has 3 rings (SSSR count). The highest BCUT2D eigenvalue weighted by Crippen LogP contribution is 2.46. The Morgan fingerprint density at radius 3 is 2.31 bits per heavy atom. The summed E-state index contributed by atoms with van der Waals surface area (Å²) in [6.45, 7) is 8.32. The summed E-state index contributed by atoms with van der Waals surface area (Å²) in [7, 11) is 0. The average Bonchev–Trinajstić information content (AvgIpc) is 2.83. The minimum Gasteiger partial charge on any atom is -0.478 e. The Labute approximate surface area is 211 Å². The number of rotatable bonds is 7. The number of amides is 2. The molecule has 1 aliphatic rings. The quantitative estimate of drug-likeness (QED) is 0.524. The molecule has 3 N–H and O–H groups in total. The van der Waals surface area contributed by atoms with Gasteiger partial charge in [-0.2, -0.15) is 0 Å². The molecule has 0 saturated carbocycles. The molecule has 0 aliphatic carbocycles. The molecule has 188 valence electrons. The maximum absolute atomic E-state index is 13.4. The van der Waals surface area contributed by atoms with Crippen LogP contribution in [0.15, 0.2) is 48.5 Å². The normalized spacial score (nSPS) is 21.1. The monoisotopic (exact) mass is 500 g/mol. The fourth-order valence-corrected chi connectivity index (χ4v) is 4.98. The molecule has 0 aromatic heterocycles. The van der Waals surface area contributed by atoms with Gasteiger partial charge in [0.15, 0.2) is 0 Å². The molecule has 1 saturated heterocycles. The smallest absolute Gasteiger partial charge is 0.335 e. The number of nitrogens with zero attached hydrogens (tertiary/aromatic N) is 1. The zero-order chi connectivity index (χ0) is 26.0. The lowest BCUT2D eigenvalue weighted by molar-refractivity contribution is -0.156. The van der Waals surface area contributed by atoms with E-state index in [-0.39, 0.29) is 17.0 Å². The molecule has 0 spiro atoms. The standard InChI is InChI=1S/C27H33ClN2O5/c1-5-22(29-23(31)18-7-6-8-19(15-18)25(33)34)17(2)24(32)30-14-13-27(35,26(3,4)16-30)20-9-11-21(28)12-10-20/h6-12,15,17,22,35H,5,13-14,16H2,1-4H3,(H,29,31)(H,33,34)/t17?,22?,27-/m0/s1. The molecule has 2 unspecified atom stereocenters. The molecule has 1 aliphatic heterocycles. The van der Waals surface area contributed by atoms with Crippen LogP contribution >= 0.6 is 11.6 Å². The molecule has 0 bridgehead atoms. The molecule has 3 atom stereocenters. The number of carbonyl (C=O) groups excluding carboxylic acids is 2. The number of halogens is 1. The van der Waals surface area contributed by atoms with Gasteiger partial charge in [0, 0.05) is 35.1 Å². The average molecular weight is 501 g/mol. The van der Waals surface area contributed by atoms with Gasteiger partial charge in [-0.1, -0.05) is 57.5 Å². The predicted molar refractivity (Wildman–Crippen MR) is 134 cm³/mol. The van der Waals surface area contributed by atoms with E-state index in [2.05, 4.69) is 5.32 Å². The van der Waals surface area contributed by atoms with Crippen molar-refractivity contribution in [3.8, 4) is 0 Å². The Hall–Kier alpha value is -2.90. The molecule has 7 nitrogen and oxygen atoms in total. The van der Waals surface area contributed by atoms with Crippen molar-refractivity contribution in [2.75, 3.05) is 13.1 Å². The van der Waals surface area contributed by atoms with Crippen molar-refractivity contribution in [2.24, 2.45) is 11.3 Å². The largest absolute Gasteiger partial charge is 0.478 e. The molecular weight excluding hydrogens is 468 g/mol. The highest BCUT2D eigenvalue weighted by atomic mass is 35.5. The predicted octanol–water partition coefficient (Wildman–Crippen LogP) is 4.33. The Bertz CT molecular complexity index is 1100. The SMILES string of the molecule is CCC(NC(=O)c1cccc(C(=O)O)c1)C(C)C(=O)N1CC[C@](O)(c2ccc(Cl)cc2)C(C)(C)C1. The first-order valence-corrected chi connectivity index (χ1v) is 12.2. The van der Waals surface area contributed by atoms with Crippen LogP contribution in [0, 0.1) is 11.3 Å². The lowest BCUT2D eigenvalue weighted by Gasteiger charge is -2.51. The highest BCUT2D eigenvalue weighted by molar-refractivity contribution is 6.30. The van der Waals surface area contributed by atoms with Gasteiger partial charge in [0.05, 0.1) is 17.1 Å². The third-order valence-corrected chi connectivity index (χ3v) is 7.46. The van der Waals surface area contributed by atoms with Gasteiger partial charge in [-0.15, -0.1) is 0 Å². The second-order valence-corrected chi connectivity index (χ2v) is 10.4. The van der Waals surface area contributed by atoms with Crippen LogP contribution in [-0.4, -0.2) is 52.0 Å². The van der Waals surface area contributed by atoms with E-state index in [0.717, 1.165) is 5.56 Å². The summed E-state index contributed by atoms with van der Waals surface area (Å²) in [4.78, 5) is 39.2. The summed E-state index contributed by atoms with van der Waals surface area (Å²) in [5, 5.41) is 24.3. The minimum atomic E-state index is -1.11. The zero-order valence-corrected chi connectivity index (χ0v) is 21.3. The molecule has 1 fully saturated rings. The summed E-state index contributed by atoms with van der Waals surface area (Å²) in [5.41, 5.74) is -0.690. The summed E-state index contributed by atoms with van der Waals surface area (Å²) in [6.07, 6.45) is 0.911. The summed E-state index contributed by atoms with van der Waals surface area (Å²) >= 11 is 6.02. The fourth-order valence-electron chi connectivity index (χ4n) is 4.86. The van der Waals surface area contributed by atoms with Crippen LogP contribution < -0.4 is 5.32 Å². The number of aliphatic hydroxyl groups is 1. The molecule has 2 aromatic carbocycles. The Balaban J connectivity index is 1.71. The number of carbonyl (C=O) groups is 3. The maximum Gasteiger partial charge on any atom is 0.335 e. The lowest BCUT2D eigenvalue weighted by Crippen LogP contribution is -2.58. The van der Waals surface area contributed by atoms with Gasteiger partial charge in [0.2, 0.25) is 5.91 Å². The first-order chi connectivity index (χ1) is 16.4. The van der Waals surface area contributed by atoms with E-state index in [1.165, 1.54) is 18.2 Å². The van der Waals surface area contributed by atoms with Crippen molar-refractivity contribution in [1.29, 1.82) is 0 Å². The van der Waals surface area contributed by atoms with E-state index >= 15 is 0 Å². The first kappa shape index (κ1) is 26.7. The van der Waals surface area contributed by atoms with E-state index in [0.29, 0.717) is 31.0 Å². The fraction of sp³-hybridized carbons (Fsp3) is 0.444. The van der Waals surface area contributed by atoms with Gasteiger partial charge >= 0.3 is 5.97 Å². The first-order valence-electron chi connectivity index (χ1n) is 11.8. The van der Waals surface area contributed by atoms with Crippen molar-refractivity contribution >= 4 is 29.4 Å². The molecule has 1 heterocycles. The van der Waals surface area contributed by atoms with Gasteiger partial charge in [-0.3, -0.25) is 9.59 Å². The van der Waals surface area contributed by atoms with E-state index in [4.69, 9.17) is 11.6 Å². The number of nitrogens with one attached hydrogen (secondary N) is 1. The molecule has 2 amide bonds. The van der Waals surface area contributed by atoms with Crippen LogP contribution in [0.2, 0.25) is 5.02 Å². The van der Waals surface area contributed by atoms with Crippen LogP contribution in [0.1, 0.15) is 66.8 Å². The Morgan fingerprint density at radius 1 is 1.11 bits per heavy atom. The topological polar surface area (TPSA) is 107 Å². The third kappa shape index (κ3) is 5.52. The second-order valence-electron chi connectivity index (χ2n) is 9.92. The van der Waals surface area contributed by atoms with Gasteiger partial charge in [-0.25, -0.2) is 4.79 Å². The van der Waals surface area contributed by atoms with Crippen LogP contribution in [0.4, 0.5) is 0 Å². The van der Waals surface area contributed by atoms with Crippen molar-refractivity contribution in [3.63, 3.8) is 0 Å². The second kappa shape index (κ2) is 10.4. The van der Waals surface area contributed by atoms with Crippen molar-refractivity contribution in [1.82, 2.24) is 10.2 Å². The van der Waals surface area contributed by atoms with Gasteiger partial charge < -0.3 is 20.4 Å². The molecule has 8 heteroatoms. The van der Waals surface area contributed by atoms with Crippen LogP contribution in [0.25, 0.3) is 0 Å². The summed E-state index contributed by atoms with van der Waals surface area (Å²) in [6, 6.07) is 12.5. The number of likely N-dealkylation sites (tertiary alicyclic amines) is 1. The number of benzene rings is 2. The Morgan fingerprint density at radius 2 is 1.74 bits per heavy atom. The van der Waals surface area contributed by atoms with E-state index in [1.54, 1.807) is 30.0 Å². The van der Waals surface area contributed by atoms with Crippen molar-refractivity contribution in [3.05, 3.63) is 70.2 Å². The summed E-state index contributed by atoms with van der Waals surface area (Å²) < 4.78 is 0. The van der Waals surface area contributed by atoms with Crippen molar-refractivity contribution < 1.29 is 24.6 Å². The van der Waals surface area contributed by atoms with E-state index in [9.17, 15) is 24.6 Å². The minimum absolute atomic E-state index is 0.0264. The number of piperidine rings is 1. The highest BCUT2D eigenvalue weighted by Gasteiger charge is 2.50. The van der Waals surface area contributed by atoms with Crippen molar-refractivity contribution in [2.45, 2.75) is 52.2 Å². The van der Waals surface area contributed by atoms with Gasteiger partial charge in [0.25, 0.3) is 5.91 Å².